The fourth-order valence-electron chi connectivity index (χ4n) is 3.41. The number of carbonyl (C=O) groups excluding carboxylic acids is 1. The number of hydrogen-bond acceptors (Lipinski definition) is 4. The second kappa shape index (κ2) is 7.93. The summed E-state index contributed by atoms with van der Waals surface area (Å²) in [7, 11) is 0. The molecule has 1 N–H and O–H groups in total. The second-order valence-corrected chi connectivity index (χ2v) is 6.56. The molecule has 0 saturated carbocycles. The van der Waals surface area contributed by atoms with Gasteiger partial charge in [-0.15, -0.1) is 0 Å². The van der Waals surface area contributed by atoms with Gasteiger partial charge < -0.3 is 10.2 Å². The first kappa shape index (κ1) is 17.7. The van der Waals surface area contributed by atoms with E-state index in [4.69, 9.17) is 0 Å². The highest BCUT2D eigenvalue weighted by molar-refractivity contribution is 5.94. The van der Waals surface area contributed by atoms with Crippen LogP contribution in [0.25, 0.3) is 11.3 Å². The predicted octanol–water partition coefficient (Wildman–Crippen LogP) is 3.42. The number of fused-ring (bicyclic) bond motifs is 1. The number of carbonyl (C=O) groups is 1. The summed E-state index contributed by atoms with van der Waals surface area (Å²) in [5.41, 5.74) is 5.77. The Labute approximate surface area is 164 Å². The van der Waals surface area contributed by atoms with E-state index in [2.05, 4.69) is 44.5 Å². The Hall–Kier alpha value is -3.65. The first-order chi connectivity index (χ1) is 13.8. The summed E-state index contributed by atoms with van der Waals surface area (Å²) in [6.45, 7) is 3.14. The minimum atomic E-state index is -0.105. The molecular formula is C23H20N4O. The molecule has 1 aliphatic heterocycles. The molecule has 0 spiro atoms. The lowest BCUT2D eigenvalue weighted by Crippen LogP contribution is -2.23. The van der Waals surface area contributed by atoms with Gasteiger partial charge in [0.25, 0.3) is 5.91 Å². The maximum Gasteiger partial charge on any atom is 0.251 e. The van der Waals surface area contributed by atoms with Crippen molar-refractivity contribution in [1.29, 1.82) is 0 Å². The molecule has 0 bridgehead atoms. The number of aromatic nitrogens is 2. The van der Waals surface area contributed by atoms with E-state index in [0.29, 0.717) is 12.1 Å². The number of amides is 1. The Morgan fingerprint density at radius 1 is 1.18 bits per heavy atom. The van der Waals surface area contributed by atoms with E-state index in [1.54, 1.807) is 18.3 Å². The third kappa shape index (κ3) is 3.58. The summed E-state index contributed by atoms with van der Waals surface area (Å²) in [6, 6.07) is 20.5. The first-order valence-corrected chi connectivity index (χ1v) is 9.23. The minimum absolute atomic E-state index is 0.105. The Bertz CT molecular complexity index is 1070. The molecule has 1 aromatic heterocycles. The smallest absolute Gasteiger partial charge is 0.251 e. The van der Waals surface area contributed by atoms with E-state index >= 15 is 0 Å². The lowest BCUT2D eigenvalue weighted by Gasteiger charge is -2.12. The SMILES string of the molecule is CC#CN1CCc2cc(-c3nnccc3CNC(=O)c3ccccc3)ccc21. The Kier molecular flexibility index (Phi) is 5.03. The Morgan fingerprint density at radius 3 is 2.86 bits per heavy atom. The van der Waals surface area contributed by atoms with E-state index in [-0.39, 0.29) is 5.91 Å². The molecule has 0 atom stereocenters. The van der Waals surface area contributed by atoms with Crippen LogP contribution >= 0.6 is 0 Å². The number of hydrogen-bond donors (Lipinski definition) is 1. The second-order valence-electron chi connectivity index (χ2n) is 6.56. The zero-order chi connectivity index (χ0) is 19.3. The van der Waals surface area contributed by atoms with Crippen LogP contribution in [0.15, 0.2) is 60.8 Å². The van der Waals surface area contributed by atoms with Gasteiger partial charge in [-0.3, -0.25) is 4.79 Å². The predicted molar refractivity (Wildman–Crippen MR) is 110 cm³/mol. The summed E-state index contributed by atoms with van der Waals surface area (Å²) < 4.78 is 0. The molecule has 0 aliphatic carbocycles. The van der Waals surface area contributed by atoms with Gasteiger partial charge in [0.15, 0.2) is 0 Å². The van der Waals surface area contributed by atoms with Crippen molar-refractivity contribution in [1.82, 2.24) is 15.5 Å². The maximum atomic E-state index is 12.4. The third-order valence-corrected chi connectivity index (χ3v) is 4.77. The van der Waals surface area contributed by atoms with Crippen LogP contribution in [0.4, 0.5) is 5.69 Å². The van der Waals surface area contributed by atoms with Crippen LogP contribution in [0.5, 0.6) is 0 Å². The first-order valence-electron chi connectivity index (χ1n) is 9.23. The van der Waals surface area contributed by atoms with Gasteiger partial charge in [-0.1, -0.05) is 30.2 Å². The lowest BCUT2D eigenvalue weighted by atomic mass is 10.0. The normalized spacial score (nSPS) is 12.1. The Morgan fingerprint density at radius 2 is 2.04 bits per heavy atom. The summed E-state index contributed by atoms with van der Waals surface area (Å²) in [5.74, 6) is 2.85. The number of nitrogens with zero attached hydrogens (tertiary/aromatic N) is 3. The van der Waals surface area contributed by atoms with Crippen LogP contribution in [0.1, 0.15) is 28.4 Å². The highest BCUT2D eigenvalue weighted by Crippen LogP contribution is 2.32. The van der Waals surface area contributed by atoms with Crippen molar-refractivity contribution in [2.45, 2.75) is 19.9 Å². The molecule has 4 rings (SSSR count). The molecule has 0 fully saturated rings. The van der Waals surface area contributed by atoms with Crippen LogP contribution in [0.3, 0.4) is 0 Å². The molecule has 2 aromatic carbocycles. The average molecular weight is 368 g/mol. The van der Waals surface area contributed by atoms with Gasteiger partial charge in [-0.05, 0) is 49.2 Å². The van der Waals surface area contributed by atoms with Gasteiger partial charge in [-0.25, -0.2) is 0 Å². The molecule has 5 heteroatoms. The van der Waals surface area contributed by atoms with Crippen LogP contribution in [0.2, 0.25) is 0 Å². The van der Waals surface area contributed by atoms with E-state index < -0.39 is 0 Å². The van der Waals surface area contributed by atoms with Crippen molar-refractivity contribution < 1.29 is 4.79 Å². The molecule has 0 saturated heterocycles. The van der Waals surface area contributed by atoms with Crippen molar-refractivity contribution in [3.05, 3.63) is 77.5 Å². The number of rotatable bonds is 4. The third-order valence-electron chi connectivity index (χ3n) is 4.77. The summed E-state index contributed by atoms with van der Waals surface area (Å²) >= 11 is 0. The summed E-state index contributed by atoms with van der Waals surface area (Å²) in [4.78, 5) is 14.4. The van der Waals surface area contributed by atoms with Gasteiger partial charge in [0.1, 0.15) is 0 Å². The number of benzene rings is 2. The standard InChI is InChI=1S/C23H20N4O/c1-2-13-27-14-11-18-15-19(8-9-21(18)27)22-20(10-12-25-26-22)16-24-23(28)17-6-4-3-5-7-17/h3-10,12,15H,11,14,16H2,1H3,(H,24,28). The fraction of sp³-hybridized carbons (Fsp3) is 0.174. The molecule has 1 aliphatic rings. The van der Waals surface area contributed by atoms with Crippen molar-refractivity contribution in [2.24, 2.45) is 0 Å². The van der Waals surface area contributed by atoms with Gasteiger partial charge in [0.2, 0.25) is 0 Å². The molecule has 0 radical (unpaired) electrons. The van der Waals surface area contributed by atoms with Crippen molar-refractivity contribution in [3.63, 3.8) is 0 Å². The van der Waals surface area contributed by atoms with E-state index in [1.807, 2.05) is 37.3 Å². The van der Waals surface area contributed by atoms with Crippen molar-refractivity contribution in [2.75, 3.05) is 11.4 Å². The monoisotopic (exact) mass is 368 g/mol. The zero-order valence-corrected chi connectivity index (χ0v) is 15.6. The van der Waals surface area contributed by atoms with E-state index in [9.17, 15) is 4.79 Å². The topological polar surface area (TPSA) is 58.1 Å². The largest absolute Gasteiger partial charge is 0.348 e. The molecule has 1 amide bonds. The quantitative estimate of drug-likeness (QED) is 0.717. The number of nitrogens with one attached hydrogen (secondary N) is 1. The van der Waals surface area contributed by atoms with Gasteiger partial charge in [-0.2, -0.15) is 10.2 Å². The molecule has 0 unspecified atom stereocenters. The molecule has 5 nitrogen and oxygen atoms in total. The minimum Gasteiger partial charge on any atom is -0.348 e. The Balaban J connectivity index is 1.57. The van der Waals surface area contributed by atoms with Gasteiger partial charge >= 0.3 is 0 Å². The lowest BCUT2D eigenvalue weighted by molar-refractivity contribution is 0.0951. The van der Waals surface area contributed by atoms with Crippen LogP contribution in [0, 0.1) is 12.0 Å². The molecule has 2 heterocycles. The fourth-order valence-corrected chi connectivity index (χ4v) is 3.41. The van der Waals surface area contributed by atoms with E-state index in [0.717, 1.165) is 35.5 Å². The van der Waals surface area contributed by atoms with Crippen LogP contribution in [-0.4, -0.2) is 22.6 Å². The van der Waals surface area contributed by atoms with Gasteiger partial charge in [0, 0.05) is 42.0 Å². The van der Waals surface area contributed by atoms with Crippen LogP contribution < -0.4 is 10.2 Å². The molecular weight excluding hydrogens is 348 g/mol. The van der Waals surface area contributed by atoms with E-state index in [1.165, 1.54) is 5.56 Å². The van der Waals surface area contributed by atoms with Crippen molar-refractivity contribution in [3.8, 4) is 23.2 Å². The van der Waals surface area contributed by atoms with Crippen molar-refractivity contribution >= 4 is 11.6 Å². The molecule has 138 valence electrons. The summed E-state index contributed by atoms with van der Waals surface area (Å²) in [6.07, 6.45) is 2.61. The summed E-state index contributed by atoms with van der Waals surface area (Å²) in [5, 5.41) is 11.4. The molecule has 28 heavy (non-hydrogen) atoms. The zero-order valence-electron chi connectivity index (χ0n) is 15.6. The highest BCUT2D eigenvalue weighted by Gasteiger charge is 2.19. The average Bonchev–Trinajstić information content (AvgIpc) is 3.15. The van der Waals surface area contributed by atoms with Crippen LogP contribution in [-0.2, 0) is 13.0 Å². The molecule has 3 aromatic rings. The van der Waals surface area contributed by atoms with Gasteiger partial charge in [0.05, 0.1) is 11.4 Å². The number of anilines is 1. The highest BCUT2D eigenvalue weighted by atomic mass is 16.1. The maximum absolute atomic E-state index is 12.4.